The quantitative estimate of drug-likeness (QED) is 0.752. The Hall–Kier alpha value is -2.37. The van der Waals surface area contributed by atoms with Crippen LogP contribution in [0.3, 0.4) is 0 Å². The van der Waals surface area contributed by atoms with Crippen molar-refractivity contribution in [2.24, 2.45) is 0 Å². The minimum absolute atomic E-state index is 0.435. The monoisotopic (exact) mass is 250 g/mol. The zero-order chi connectivity index (χ0) is 13.7. The zero-order valence-corrected chi connectivity index (χ0v) is 10.1. The highest BCUT2D eigenvalue weighted by molar-refractivity contribution is 6.27. The van der Waals surface area contributed by atoms with Crippen LogP contribution in [0.2, 0.25) is 0 Å². The zero-order valence-electron chi connectivity index (χ0n) is 10.1. The number of carboxylic acid groups (broad SMARTS) is 2. The summed E-state index contributed by atoms with van der Waals surface area (Å²) in [5, 5.41) is 20.3. The number of carbonyl (C=O) groups is 2. The van der Waals surface area contributed by atoms with Crippen LogP contribution in [-0.4, -0.2) is 31.9 Å². The molecule has 2 N–H and O–H groups in total. The van der Waals surface area contributed by atoms with E-state index >= 15 is 0 Å². The molecular weight excluding hydrogens is 236 g/mol. The van der Waals surface area contributed by atoms with Gasteiger partial charge in [-0.1, -0.05) is 18.2 Å². The number of hydrogen-bond acceptors (Lipinski definition) is 3. The van der Waals surface area contributed by atoms with Gasteiger partial charge < -0.3 is 10.2 Å². The van der Waals surface area contributed by atoms with Gasteiger partial charge in [-0.25, -0.2) is 9.59 Å². The molecule has 0 unspecified atom stereocenters. The third-order valence-electron chi connectivity index (χ3n) is 2.18. The Morgan fingerprint density at radius 1 is 1.17 bits per heavy atom. The predicted octanol–water partition coefficient (Wildman–Crippen LogP) is 1.77. The fraction of sp³-hybridized carbons (Fsp3) is 0.250. The highest BCUT2D eigenvalue weighted by Crippen LogP contribution is 2.16. The second-order valence-corrected chi connectivity index (χ2v) is 3.85. The summed E-state index contributed by atoms with van der Waals surface area (Å²) >= 11 is 0. The maximum Gasteiger partial charge on any atom is 0.414 e. The molecule has 0 aliphatic rings. The smallest absolute Gasteiger partial charge is 0.414 e. The van der Waals surface area contributed by atoms with Crippen molar-refractivity contribution in [2.45, 2.75) is 19.9 Å². The van der Waals surface area contributed by atoms with Gasteiger partial charge in [0.15, 0.2) is 0 Å². The van der Waals surface area contributed by atoms with E-state index in [1.165, 1.54) is 10.9 Å². The Morgan fingerprint density at radius 2 is 1.72 bits per heavy atom. The van der Waals surface area contributed by atoms with Crippen molar-refractivity contribution in [1.29, 1.82) is 0 Å². The Morgan fingerprint density at radius 3 is 2.22 bits per heavy atom. The predicted molar refractivity (Wildman–Crippen MR) is 65.4 cm³/mol. The molecule has 1 heterocycles. The van der Waals surface area contributed by atoms with Crippen molar-refractivity contribution in [2.75, 3.05) is 0 Å². The van der Waals surface area contributed by atoms with E-state index in [1.807, 2.05) is 23.0 Å². The lowest BCUT2D eigenvalue weighted by atomic mass is 10.2. The average Bonchev–Trinajstić information content (AvgIpc) is 2.73. The summed E-state index contributed by atoms with van der Waals surface area (Å²) in [6.07, 6.45) is 1.91. The van der Waals surface area contributed by atoms with Crippen molar-refractivity contribution in [1.82, 2.24) is 9.78 Å². The summed E-state index contributed by atoms with van der Waals surface area (Å²) < 4.78 is 2.04. The van der Waals surface area contributed by atoms with Crippen molar-refractivity contribution >= 4 is 22.8 Å². The molecule has 2 aromatic rings. The Labute approximate surface area is 103 Å². The lowest BCUT2D eigenvalue weighted by Gasteiger charge is -2.05. The molecule has 96 valence electrons. The van der Waals surface area contributed by atoms with Crippen molar-refractivity contribution in [3.05, 3.63) is 30.5 Å². The maximum absolute atomic E-state index is 9.10. The summed E-state index contributed by atoms with van der Waals surface area (Å²) in [5.74, 6) is -3.65. The molecule has 1 aromatic heterocycles. The number of carboxylic acids is 2. The van der Waals surface area contributed by atoms with Gasteiger partial charge in [-0.15, -0.1) is 0 Å². The lowest BCUT2D eigenvalue weighted by Crippen LogP contribution is -2.09. The first kappa shape index (κ1) is 13.7. The van der Waals surface area contributed by atoms with Gasteiger partial charge in [0.25, 0.3) is 0 Å². The van der Waals surface area contributed by atoms with Crippen LogP contribution in [-0.2, 0) is 9.59 Å². The largest absolute Gasteiger partial charge is 0.473 e. The molecule has 18 heavy (non-hydrogen) atoms. The molecule has 0 amide bonds. The van der Waals surface area contributed by atoms with Gasteiger partial charge in [-0.05, 0) is 19.9 Å². The first-order valence-electron chi connectivity index (χ1n) is 5.32. The first-order valence-corrected chi connectivity index (χ1v) is 5.32. The van der Waals surface area contributed by atoms with Crippen LogP contribution in [0.5, 0.6) is 0 Å². The van der Waals surface area contributed by atoms with Gasteiger partial charge >= 0.3 is 11.9 Å². The number of benzene rings is 1. The van der Waals surface area contributed by atoms with E-state index in [4.69, 9.17) is 19.8 Å². The van der Waals surface area contributed by atoms with Crippen molar-refractivity contribution in [3.8, 4) is 0 Å². The molecule has 0 aliphatic carbocycles. The summed E-state index contributed by atoms with van der Waals surface area (Å²) in [6, 6.07) is 8.70. The lowest BCUT2D eigenvalue weighted by molar-refractivity contribution is -0.159. The Bertz CT molecular complexity index is 548. The molecular formula is C12H14N2O4. The average molecular weight is 250 g/mol. The highest BCUT2D eigenvalue weighted by Gasteiger charge is 2.04. The molecule has 6 heteroatoms. The number of hydrogen-bond donors (Lipinski definition) is 2. The van der Waals surface area contributed by atoms with E-state index in [0.717, 1.165) is 0 Å². The topological polar surface area (TPSA) is 92.4 Å². The van der Waals surface area contributed by atoms with E-state index in [0.29, 0.717) is 6.04 Å². The van der Waals surface area contributed by atoms with E-state index in [9.17, 15) is 0 Å². The Kier molecular flexibility index (Phi) is 4.42. The highest BCUT2D eigenvalue weighted by atomic mass is 16.4. The van der Waals surface area contributed by atoms with Gasteiger partial charge in [0.2, 0.25) is 0 Å². The van der Waals surface area contributed by atoms with Crippen LogP contribution >= 0.6 is 0 Å². The number of fused-ring (bicyclic) bond motifs is 1. The first-order chi connectivity index (χ1) is 8.43. The molecule has 0 spiro atoms. The normalized spacial score (nSPS) is 9.94. The fourth-order valence-corrected chi connectivity index (χ4v) is 1.40. The Balaban J connectivity index is 0.000000232. The number of para-hydroxylation sites is 1. The number of rotatable bonds is 1. The van der Waals surface area contributed by atoms with Gasteiger partial charge in [-0.3, -0.25) is 4.68 Å². The van der Waals surface area contributed by atoms with Gasteiger partial charge in [0, 0.05) is 11.4 Å². The van der Waals surface area contributed by atoms with E-state index in [2.05, 4.69) is 31.1 Å². The second kappa shape index (κ2) is 5.81. The number of aromatic nitrogens is 2. The van der Waals surface area contributed by atoms with Crippen LogP contribution in [0, 0.1) is 0 Å². The SMILES string of the molecule is CC(C)n1ncc2ccccc21.O=C(O)C(=O)O. The minimum atomic E-state index is -1.82. The molecule has 6 nitrogen and oxygen atoms in total. The third kappa shape index (κ3) is 3.31. The third-order valence-corrected chi connectivity index (χ3v) is 2.18. The van der Waals surface area contributed by atoms with Crippen molar-refractivity contribution < 1.29 is 19.8 Å². The standard InChI is InChI=1S/C10H12N2.C2H2O4/c1-8(2)12-10-6-4-3-5-9(10)7-11-12;3-1(4)2(5)6/h3-8H,1-2H3;(H,3,4)(H,5,6). The van der Waals surface area contributed by atoms with Gasteiger partial charge in [-0.2, -0.15) is 5.10 Å². The van der Waals surface area contributed by atoms with E-state index < -0.39 is 11.9 Å². The van der Waals surface area contributed by atoms with Crippen LogP contribution in [0.15, 0.2) is 30.5 Å². The van der Waals surface area contributed by atoms with Crippen LogP contribution in [0.4, 0.5) is 0 Å². The van der Waals surface area contributed by atoms with E-state index in [1.54, 1.807) is 0 Å². The van der Waals surface area contributed by atoms with Crippen molar-refractivity contribution in [3.63, 3.8) is 0 Å². The second-order valence-electron chi connectivity index (χ2n) is 3.85. The van der Waals surface area contributed by atoms with Crippen LogP contribution < -0.4 is 0 Å². The molecule has 2 rings (SSSR count). The molecule has 0 saturated carbocycles. The van der Waals surface area contributed by atoms with E-state index in [-0.39, 0.29) is 0 Å². The van der Waals surface area contributed by atoms with Crippen LogP contribution in [0.1, 0.15) is 19.9 Å². The molecule has 1 aromatic carbocycles. The maximum atomic E-state index is 9.10. The van der Waals surface area contributed by atoms with Crippen LogP contribution in [0.25, 0.3) is 10.9 Å². The molecule has 0 aliphatic heterocycles. The molecule has 0 bridgehead atoms. The number of nitrogens with zero attached hydrogens (tertiary/aromatic N) is 2. The molecule has 0 fully saturated rings. The number of aliphatic carboxylic acids is 2. The summed E-state index contributed by atoms with van der Waals surface area (Å²) in [7, 11) is 0. The molecule has 0 atom stereocenters. The fourth-order valence-electron chi connectivity index (χ4n) is 1.40. The summed E-state index contributed by atoms with van der Waals surface area (Å²) in [6.45, 7) is 4.28. The molecule has 0 saturated heterocycles. The van der Waals surface area contributed by atoms with Gasteiger partial charge in [0.05, 0.1) is 11.7 Å². The molecule has 0 radical (unpaired) electrons. The van der Waals surface area contributed by atoms with Gasteiger partial charge in [0.1, 0.15) is 0 Å². The summed E-state index contributed by atoms with van der Waals surface area (Å²) in [4.78, 5) is 18.2. The summed E-state index contributed by atoms with van der Waals surface area (Å²) in [5.41, 5.74) is 1.22. The minimum Gasteiger partial charge on any atom is -0.473 e.